The lowest BCUT2D eigenvalue weighted by Crippen LogP contribution is -2.37. The molecule has 1 saturated heterocycles. The van der Waals surface area contributed by atoms with E-state index < -0.39 is 0 Å². The third kappa shape index (κ3) is 5.73. The minimum Gasteiger partial charge on any atom is -0.497 e. The summed E-state index contributed by atoms with van der Waals surface area (Å²) in [6, 6.07) is 18.1. The molecule has 4 rings (SSSR count). The van der Waals surface area contributed by atoms with Gasteiger partial charge in [0, 0.05) is 43.4 Å². The van der Waals surface area contributed by atoms with Gasteiger partial charge >= 0.3 is 6.09 Å². The van der Waals surface area contributed by atoms with E-state index in [2.05, 4.69) is 36.2 Å². The number of benzene rings is 2. The van der Waals surface area contributed by atoms with E-state index in [9.17, 15) is 4.79 Å². The highest BCUT2D eigenvalue weighted by Gasteiger charge is 2.26. The van der Waals surface area contributed by atoms with Gasteiger partial charge in [-0.15, -0.1) is 0 Å². The molecule has 0 spiro atoms. The van der Waals surface area contributed by atoms with Crippen LogP contribution in [0, 0.1) is 13.8 Å². The number of methoxy groups -OCH3 is 1. The molecular formula is C26H32N4O3. The monoisotopic (exact) mass is 448 g/mol. The van der Waals surface area contributed by atoms with Crippen LogP contribution in [0.5, 0.6) is 5.75 Å². The van der Waals surface area contributed by atoms with Crippen LogP contribution in [-0.4, -0.2) is 53.6 Å². The lowest BCUT2D eigenvalue weighted by molar-refractivity contribution is 0.143. The number of aromatic nitrogens is 2. The summed E-state index contributed by atoms with van der Waals surface area (Å²) in [4.78, 5) is 14.6. The second-order valence-electron chi connectivity index (χ2n) is 8.50. The zero-order valence-corrected chi connectivity index (χ0v) is 19.6. The summed E-state index contributed by atoms with van der Waals surface area (Å²) in [5, 5.41) is 7.77. The lowest BCUT2D eigenvalue weighted by Gasteiger charge is -2.17. The first-order valence-corrected chi connectivity index (χ1v) is 11.4. The molecule has 1 atom stereocenters. The van der Waals surface area contributed by atoms with E-state index in [-0.39, 0.29) is 12.1 Å². The first-order valence-electron chi connectivity index (χ1n) is 11.4. The smallest absolute Gasteiger partial charge is 0.407 e. The molecule has 1 fully saturated rings. The number of carbonyl (C=O) groups is 1. The van der Waals surface area contributed by atoms with E-state index in [0.717, 1.165) is 54.4 Å². The predicted octanol–water partition coefficient (Wildman–Crippen LogP) is 4.04. The predicted molar refractivity (Wildman–Crippen MR) is 128 cm³/mol. The van der Waals surface area contributed by atoms with Crippen molar-refractivity contribution in [1.29, 1.82) is 0 Å². The zero-order valence-electron chi connectivity index (χ0n) is 19.6. The van der Waals surface area contributed by atoms with Crippen molar-refractivity contribution in [3.8, 4) is 11.4 Å². The molecule has 1 aromatic heterocycles. The molecule has 0 radical (unpaired) electrons. The number of hydrogen-bond donors (Lipinski definition) is 1. The normalized spacial score (nSPS) is 16.0. The number of aryl methyl sites for hydroxylation is 1. The van der Waals surface area contributed by atoms with E-state index in [0.29, 0.717) is 13.0 Å². The van der Waals surface area contributed by atoms with Gasteiger partial charge in [-0.2, -0.15) is 5.10 Å². The summed E-state index contributed by atoms with van der Waals surface area (Å²) in [7, 11) is 1.64. The van der Waals surface area contributed by atoms with Gasteiger partial charge in [-0.25, -0.2) is 9.48 Å². The quantitative estimate of drug-likeness (QED) is 0.563. The van der Waals surface area contributed by atoms with E-state index in [1.165, 1.54) is 5.56 Å². The van der Waals surface area contributed by atoms with Crippen LogP contribution in [0.1, 0.15) is 28.9 Å². The number of ether oxygens (including phenoxy) is 2. The summed E-state index contributed by atoms with van der Waals surface area (Å²) < 4.78 is 12.6. The molecule has 0 bridgehead atoms. The van der Waals surface area contributed by atoms with E-state index >= 15 is 0 Å². The third-order valence-electron chi connectivity index (χ3n) is 6.18. The first kappa shape index (κ1) is 22.9. The minimum absolute atomic E-state index is 0.0964. The number of rotatable bonds is 8. The third-order valence-corrected chi connectivity index (χ3v) is 6.18. The number of para-hydroxylation sites is 1. The maximum atomic E-state index is 12.3. The Morgan fingerprint density at radius 2 is 1.97 bits per heavy atom. The van der Waals surface area contributed by atoms with Crippen LogP contribution in [0.15, 0.2) is 54.6 Å². The van der Waals surface area contributed by atoms with Gasteiger partial charge in [0.05, 0.1) is 25.1 Å². The highest BCUT2D eigenvalue weighted by molar-refractivity contribution is 5.67. The van der Waals surface area contributed by atoms with E-state index in [1.54, 1.807) is 7.11 Å². The van der Waals surface area contributed by atoms with Crippen LogP contribution < -0.4 is 10.1 Å². The van der Waals surface area contributed by atoms with Gasteiger partial charge in [-0.3, -0.25) is 4.90 Å². The Morgan fingerprint density at radius 3 is 2.76 bits per heavy atom. The lowest BCUT2D eigenvalue weighted by atomic mass is 10.1. The molecule has 1 aliphatic heterocycles. The average molecular weight is 449 g/mol. The maximum absolute atomic E-state index is 12.3. The zero-order chi connectivity index (χ0) is 23.2. The molecule has 174 valence electrons. The van der Waals surface area contributed by atoms with Crippen molar-refractivity contribution < 1.29 is 14.3 Å². The molecule has 1 unspecified atom stereocenters. The molecule has 3 aromatic rings. The Hall–Kier alpha value is -3.32. The number of amides is 1. The van der Waals surface area contributed by atoms with Crippen molar-refractivity contribution >= 4 is 6.09 Å². The Morgan fingerprint density at radius 1 is 1.15 bits per heavy atom. The molecule has 7 nitrogen and oxygen atoms in total. The van der Waals surface area contributed by atoms with Crippen molar-refractivity contribution in [1.82, 2.24) is 20.0 Å². The SMILES string of the molecule is COc1cccc(CCOC(=O)NC2CCN(Cc3c(C)nn(-c4ccccc4)c3C)C2)c1. The van der Waals surface area contributed by atoms with Crippen LogP contribution in [-0.2, 0) is 17.7 Å². The van der Waals surface area contributed by atoms with Crippen molar-refractivity contribution in [2.45, 2.75) is 39.3 Å². The molecule has 1 N–H and O–H groups in total. The second-order valence-corrected chi connectivity index (χ2v) is 8.50. The Balaban J connectivity index is 1.25. The van der Waals surface area contributed by atoms with Gasteiger partial charge in [-0.05, 0) is 50.1 Å². The minimum atomic E-state index is -0.353. The molecule has 0 saturated carbocycles. The number of carbonyl (C=O) groups excluding carboxylic acids is 1. The summed E-state index contributed by atoms with van der Waals surface area (Å²) in [5.41, 5.74) is 5.61. The van der Waals surface area contributed by atoms with Crippen LogP contribution in [0.4, 0.5) is 4.79 Å². The van der Waals surface area contributed by atoms with Gasteiger partial charge in [0.2, 0.25) is 0 Å². The number of nitrogens with zero attached hydrogens (tertiary/aromatic N) is 3. The van der Waals surface area contributed by atoms with Crippen molar-refractivity contribution in [2.75, 3.05) is 26.8 Å². The molecule has 1 amide bonds. The first-order chi connectivity index (χ1) is 16.0. The highest BCUT2D eigenvalue weighted by atomic mass is 16.5. The van der Waals surface area contributed by atoms with Gasteiger partial charge in [0.25, 0.3) is 0 Å². The van der Waals surface area contributed by atoms with Gasteiger partial charge < -0.3 is 14.8 Å². The second kappa shape index (κ2) is 10.5. The number of alkyl carbamates (subject to hydrolysis) is 1. The van der Waals surface area contributed by atoms with Gasteiger partial charge in [0.15, 0.2) is 0 Å². The maximum Gasteiger partial charge on any atom is 0.407 e. The molecule has 2 heterocycles. The molecule has 0 aliphatic carbocycles. The molecular weight excluding hydrogens is 416 g/mol. The number of likely N-dealkylation sites (tertiary alicyclic amines) is 1. The molecule has 2 aromatic carbocycles. The summed E-state index contributed by atoms with van der Waals surface area (Å²) in [6.45, 7) is 7.09. The van der Waals surface area contributed by atoms with Crippen molar-refractivity contribution in [3.63, 3.8) is 0 Å². The van der Waals surface area contributed by atoms with Crippen molar-refractivity contribution in [2.24, 2.45) is 0 Å². The highest BCUT2D eigenvalue weighted by Crippen LogP contribution is 2.22. The Labute approximate surface area is 195 Å². The molecule has 1 aliphatic rings. The van der Waals surface area contributed by atoms with E-state index in [1.807, 2.05) is 47.1 Å². The van der Waals surface area contributed by atoms with Gasteiger partial charge in [0.1, 0.15) is 5.75 Å². The van der Waals surface area contributed by atoms with Crippen LogP contribution in [0.3, 0.4) is 0 Å². The largest absolute Gasteiger partial charge is 0.497 e. The summed E-state index contributed by atoms with van der Waals surface area (Å²) in [6.07, 6.45) is 1.22. The topological polar surface area (TPSA) is 68.6 Å². The summed E-state index contributed by atoms with van der Waals surface area (Å²) in [5.74, 6) is 0.808. The average Bonchev–Trinajstić information content (AvgIpc) is 3.39. The Kier molecular flexibility index (Phi) is 7.29. The number of hydrogen-bond acceptors (Lipinski definition) is 5. The standard InChI is InChI=1S/C26H32N4O3/c1-19-25(20(2)30(28-19)23-9-5-4-6-10-23)18-29-14-12-22(17-29)27-26(31)33-15-13-21-8-7-11-24(16-21)32-3/h4-11,16,22H,12-15,17-18H2,1-3H3,(H,27,31). The molecule has 33 heavy (non-hydrogen) atoms. The molecule has 7 heteroatoms. The fourth-order valence-electron chi connectivity index (χ4n) is 4.34. The van der Waals surface area contributed by atoms with Crippen LogP contribution in [0.2, 0.25) is 0 Å². The fraction of sp³-hybridized carbons (Fsp3) is 0.385. The fourth-order valence-corrected chi connectivity index (χ4v) is 4.34. The van der Waals surface area contributed by atoms with E-state index in [4.69, 9.17) is 14.6 Å². The van der Waals surface area contributed by atoms with Crippen LogP contribution >= 0.6 is 0 Å². The number of nitrogens with one attached hydrogen (secondary N) is 1. The van der Waals surface area contributed by atoms with Crippen LogP contribution in [0.25, 0.3) is 5.69 Å². The van der Waals surface area contributed by atoms with Gasteiger partial charge in [-0.1, -0.05) is 30.3 Å². The summed E-state index contributed by atoms with van der Waals surface area (Å²) >= 11 is 0. The van der Waals surface area contributed by atoms with Crippen molar-refractivity contribution in [3.05, 3.63) is 77.1 Å². The Bertz CT molecular complexity index is 1080.